The summed E-state index contributed by atoms with van der Waals surface area (Å²) in [6, 6.07) is 12.4. The van der Waals surface area contributed by atoms with E-state index in [1.165, 1.54) is 11.1 Å². The second-order valence-electron chi connectivity index (χ2n) is 7.22. The van der Waals surface area contributed by atoms with Crippen LogP contribution in [0, 0.1) is 6.92 Å². The summed E-state index contributed by atoms with van der Waals surface area (Å²) in [5.41, 5.74) is 5.38. The topological polar surface area (TPSA) is 57.5 Å². The zero-order valence-electron chi connectivity index (χ0n) is 17.4. The summed E-state index contributed by atoms with van der Waals surface area (Å²) in [6.45, 7) is 3.03. The molecule has 0 atom stereocenters. The molecule has 2 heterocycles. The van der Waals surface area contributed by atoms with Gasteiger partial charge in [-0.1, -0.05) is 17.7 Å². The molecule has 0 radical (unpaired) electrons. The van der Waals surface area contributed by atoms with Crippen molar-refractivity contribution >= 4 is 5.82 Å². The molecule has 0 spiro atoms. The molecule has 2 aromatic carbocycles. The van der Waals surface area contributed by atoms with Crippen LogP contribution in [0.1, 0.15) is 24.0 Å². The fraction of sp³-hybridized carbons (Fsp3) is 0.348. The lowest BCUT2D eigenvalue weighted by Crippen LogP contribution is -2.07. The first-order chi connectivity index (χ1) is 14.2. The summed E-state index contributed by atoms with van der Waals surface area (Å²) in [4.78, 5) is 0. The molecule has 0 saturated carbocycles. The summed E-state index contributed by atoms with van der Waals surface area (Å²) in [5, 5.41) is 8.60. The Morgan fingerprint density at radius 1 is 0.931 bits per heavy atom. The highest BCUT2D eigenvalue weighted by molar-refractivity contribution is 5.75. The van der Waals surface area contributed by atoms with Crippen molar-refractivity contribution in [3.8, 4) is 34.2 Å². The van der Waals surface area contributed by atoms with Crippen LogP contribution < -0.4 is 19.5 Å². The van der Waals surface area contributed by atoms with E-state index in [2.05, 4.69) is 36.5 Å². The zero-order chi connectivity index (χ0) is 20.4. The van der Waals surface area contributed by atoms with Crippen LogP contribution >= 0.6 is 0 Å². The van der Waals surface area contributed by atoms with Gasteiger partial charge in [-0.15, -0.1) is 0 Å². The van der Waals surface area contributed by atoms with Crippen molar-refractivity contribution < 1.29 is 14.2 Å². The van der Waals surface area contributed by atoms with E-state index in [0.29, 0.717) is 17.2 Å². The molecule has 152 valence electrons. The molecule has 1 aliphatic rings. The van der Waals surface area contributed by atoms with Gasteiger partial charge in [-0.2, -0.15) is 5.10 Å². The van der Waals surface area contributed by atoms with Gasteiger partial charge in [0.2, 0.25) is 5.75 Å². The molecule has 0 aliphatic carbocycles. The number of ether oxygens (including phenoxy) is 3. The third-order valence-corrected chi connectivity index (χ3v) is 5.35. The Kier molecular flexibility index (Phi) is 5.34. The lowest BCUT2D eigenvalue weighted by atomic mass is 10.0. The quantitative estimate of drug-likeness (QED) is 0.685. The number of nitrogens with one attached hydrogen (secondary N) is 1. The zero-order valence-corrected chi connectivity index (χ0v) is 17.4. The second kappa shape index (κ2) is 8.07. The van der Waals surface area contributed by atoms with E-state index in [-0.39, 0.29) is 0 Å². The van der Waals surface area contributed by atoms with E-state index in [1.807, 2.05) is 16.8 Å². The summed E-state index contributed by atoms with van der Waals surface area (Å²) in [6.07, 6.45) is 3.23. The Balaban J connectivity index is 1.91. The smallest absolute Gasteiger partial charge is 0.203 e. The molecule has 6 heteroatoms. The van der Waals surface area contributed by atoms with E-state index in [9.17, 15) is 0 Å². The molecule has 1 N–H and O–H groups in total. The molecule has 0 saturated heterocycles. The summed E-state index contributed by atoms with van der Waals surface area (Å²) >= 11 is 0. The highest BCUT2D eigenvalue weighted by Gasteiger charge is 2.24. The van der Waals surface area contributed by atoms with Crippen molar-refractivity contribution in [1.29, 1.82) is 0 Å². The number of methoxy groups -OCH3 is 3. The fourth-order valence-electron chi connectivity index (χ4n) is 3.82. The normalized spacial score (nSPS) is 13.2. The Labute approximate surface area is 171 Å². The molecule has 3 aromatic rings. The van der Waals surface area contributed by atoms with Crippen molar-refractivity contribution in [3.05, 3.63) is 47.5 Å². The monoisotopic (exact) mass is 393 g/mol. The molecule has 1 aromatic heterocycles. The first-order valence-electron chi connectivity index (χ1n) is 9.89. The summed E-state index contributed by atoms with van der Waals surface area (Å²) in [5.74, 6) is 2.90. The Bertz CT molecular complexity index is 984. The van der Waals surface area contributed by atoms with Gasteiger partial charge in [0.1, 0.15) is 5.82 Å². The maximum atomic E-state index is 5.56. The molecule has 0 fully saturated rings. The molecule has 0 amide bonds. The maximum Gasteiger partial charge on any atom is 0.203 e. The van der Waals surface area contributed by atoms with Crippen molar-refractivity contribution in [2.75, 3.05) is 33.2 Å². The predicted octanol–water partition coefficient (Wildman–Crippen LogP) is 4.62. The Morgan fingerprint density at radius 2 is 1.62 bits per heavy atom. The van der Waals surface area contributed by atoms with Crippen LogP contribution in [0.15, 0.2) is 36.4 Å². The summed E-state index contributed by atoms with van der Waals surface area (Å²) < 4.78 is 18.6. The minimum absolute atomic E-state index is 0.584. The van der Waals surface area contributed by atoms with Gasteiger partial charge in [0, 0.05) is 17.7 Å². The van der Waals surface area contributed by atoms with Crippen LogP contribution in [-0.2, 0) is 6.42 Å². The van der Waals surface area contributed by atoms with Crippen molar-refractivity contribution in [2.24, 2.45) is 0 Å². The van der Waals surface area contributed by atoms with Crippen LogP contribution in [-0.4, -0.2) is 37.7 Å². The number of aryl methyl sites for hydroxylation is 1. The van der Waals surface area contributed by atoms with Crippen LogP contribution in [0.4, 0.5) is 5.82 Å². The standard InChI is InChI=1S/C23H27N3O3/c1-15-8-10-17(11-9-15)26-23-18(7-5-6-12-24-23)21(25-26)16-13-19(27-2)22(29-4)20(14-16)28-3/h8-11,13-14,24H,5-7,12H2,1-4H3. The molecular weight excluding hydrogens is 366 g/mol. The Morgan fingerprint density at radius 3 is 2.24 bits per heavy atom. The highest BCUT2D eigenvalue weighted by atomic mass is 16.5. The number of fused-ring (bicyclic) bond motifs is 1. The van der Waals surface area contributed by atoms with Gasteiger partial charge in [-0.25, -0.2) is 4.68 Å². The molecule has 1 aliphatic heterocycles. The average Bonchev–Trinajstić information content (AvgIpc) is 2.94. The molecule has 6 nitrogen and oxygen atoms in total. The number of aromatic nitrogens is 2. The van der Waals surface area contributed by atoms with Crippen LogP contribution in [0.25, 0.3) is 16.9 Å². The van der Waals surface area contributed by atoms with Crippen molar-refractivity contribution in [3.63, 3.8) is 0 Å². The average molecular weight is 393 g/mol. The minimum Gasteiger partial charge on any atom is -0.493 e. The van der Waals surface area contributed by atoms with Crippen molar-refractivity contribution in [2.45, 2.75) is 26.2 Å². The van der Waals surface area contributed by atoms with E-state index < -0.39 is 0 Å². The SMILES string of the molecule is COc1cc(-c2nn(-c3ccc(C)cc3)c3c2CCCCN3)cc(OC)c1OC. The third-order valence-electron chi connectivity index (χ3n) is 5.35. The largest absolute Gasteiger partial charge is 0.493 e. The third kappa shape index (κ3) is 3.50. The lowest BCUT2D eigenvalue weighted by molar-refractivity contribution is 0.324. The van der Waals surface area contributed by atoms with Gasteiger partial charge in [-0.05, 0) is 50.5 Å². The van der Waals surface area contributed by atoms with E-state index in [0.717, 1.165) is 48.6 Å². The van der Waals surface area contributed by atoms with Crippen LogP contribution in [0.2, 0.25) is 0 Å². The first kappa shape index (κ1) is 19.2. The number of hydrogen-bond acceptors (Lipinski definition) is 5. The Hall–Kier alpha value is -3.15. The number of benzene rings is 2. The van der Waals surface area contributed by atoms with Gasteiger partial charge >= 0.3 is 0 Å². The first-order valence-corrected chi connectivity index (χ1v) is 9.89. The van der Waals surface area contributed by atoms with Gasteiger partial charge in [0.15, 0.2) is 11.5 Å². The van der Waals surface area contributed by atoms with Gasteiger partial charge in [0.05, 0.1) is 32.7 Å². The fourth-order valence-corrected chi connectivity index (χ4v) is 3.82. The number of anilines is 1. The summed E-state index contributed by atoms with van der Waals surface area (Å²) in [7, 11) is 4.88. The van der Waals surface area contributed by atoms with E-state index >= 15 is 0 Å². The van der Waals surface area contributed by atoms with Gasteiger partial charge < -0.3 is 19.5 Å². The highest BCUT2D eigenvalue weighted by Crippen LogP contribution is 2.43. The van der Waals surface area contributed by atoms with E-state index in [1.54, 1.807) is 21.3 Å². The van der Waals surface area contributed by atoms with Crippen molar-refractivity contribution in [1.82, 2.24) is 9.78 Å². The molecule has 0 unspecified atom stereocenters. The number of hydrogen-bond donors (Lipinski definition) is 1. The molecule has 0 bridgehead atoms. The maximum absolute atomic E-state index is 5.56. The molecular formula is C23H27N3O3. The van der Waals surface area contributed by atoms with E-state index in [4.69, 9.17) is 19.3 Å². The van der Waals surface area contributed by atoms with Crippen LogP contribution in [0.3, 0.4) is 0 Å². The van der Waals surface area contributed by atoms with Gasteiger partial charge in [-0.3, -0.25) is 0 Å². The molecule has 4 rings (SSSR count). The number of nitrogens with zero attached hydrogens (tertiary/aromatic N) is 2. The number of rotatable bonds is 5. The van der Waals surface area contributed by atoms with Crippen LogP contribution in [0.5, 0.6) is 17.2 Å². The molecule has 29 heavy (non-hydrogen) atoms. The second-order valence-corrected chi connectivity index (χ2v) is 7.22. The van der Waals surface area contributed by atoms with Gasteiger partial charge in [0.25, 0.3) is 0 Å². The predicted molar refractivity (Wildman–Crippen MR) is 115 cm³/mol. The minimum atomic E-state index is 0.584. The lowest BCUT2D eigenvalue weighted by Gasteiger charge is -2.14.